The van der Waals surface area contributed by atoms with Crippen molar-refractivity contribution in [1.82, 2.24) is 9.97 Å². The van der Waals surface area contributed by atoms with Crippen LogP contribution in [-0.2, 0) is 10.9 Å². The topological polar surface area (TPSA) is 64.3 Å². The minimum absolute atomic E-state index is 0.0869. The second kappa shape index (κ2) is 6.04. The number of alkyl halides is 3. The zero-order valence-electron chi connectivity index (χ0n) is 12.2. The second-order valence-corrected chi connectivity index (χ2v) is 5.14. The fourth-order valence-corrected chi connectivity index (χ4v) is 2.38. The lowest BCUT2D eigenvalue weighted by Crippen LogP contribution is -2.36. The largest absolute Gasteiger partial charge is 0.416 e. The highest BCUT2D eigenvalue weighted by molar-refractivity contribution is 5.65. The Morgan fingerprint density at radius 3 is 2.30 bits per heavy atom. The molecule has 0 spiro atoms. The van der Waals surface area contributed by atoms with E-state index in [1.807, 2.05) is 4.90 Å². The molecule has 1 aromatic carbocycles. The van der Waals surface area contributed by atoms with Crippen molar-refractivity contribution in [3.8, 4) is 11.3 Å². The molecule has 23 heavy (non-hydrogen) atoms. The molecule has 8 heteroatoms. The Bertz CT molecular complexity index is 682. The van der Waals surface area contributed by atoms with Gasteiger partial charge >= 0.3 is 6.18 Å². The number of aromatic nitrogens is 2. The summed E-state index contributed by atoms with van der Waals surface area (Å²) in [6.45, 7) is 2.56. The molecule has 1 fully saturated rings. The van der Waals surface area contributed by atoms with Crippen molar-refractivity contribution in [2.45, 2.75) is 6.18 Å². The van der Waals surface area contributed by atoms with Crippen molar-refractivity contribution in [1.29, 1.82) is 0 Å². The number of halogens is 3. The number of nitrogens with zero attached hydrogens (tertiary/aromatic N) is 3. The SMILES string of the molecule is Nc1nc(-c2ccc(C(F)(F)F)cc2)cc(N2CCOCC2)n1. The fraction of sp³-hybridized carbons (Fsp3) is 0.333. The van der Waals surface area contributed by atoms with Crippen molar-refractivity contribution in [3.05, 3.63) is 35.9 Å². The van der Waals surface area contributed by atoms with Crippen molar-refractivity contribution in [2.24, 2.45) is 0 Å². The van der Waals surface area contributed by atoms with Gasteiger partial charge in [0.25, 0.3) is 0 Å². The average molecular weight is 324 g/mol. The third kappa shape index (κ3) is 3.53. The molecule has 2 aromatic rings. The fourth-order valence-electron chi connectivity index (χ4n) is 2.38. The lowest BCUT2D eigenvalue weighted by Gasteiger charge is -2.28. The van der Waals surface area contributed by atoms with E-state index >= 15 is 0 Å². The van der Waals surface area contributed by atoms with Crippen LogP contribution in [0.1, 0.15) is 5.56 Å². The van der Waals surface area contributed by atoms with E-state index in [0.29, 0.717) is 43.4 Å². The summed E-state index contributed by atoms with van der Waals surface area (Å²) in [5, 5.41) is 0. The number of rotatable bonds is 2. The van der Waals surface area contributed by atoms with Gasteiger partial charge in [-0.25, -0.2) is 4.98 Å². The minimum atomic E-state index is -4.36. The summed E-state index contributed by atoms with van der Waals surface area (Å²) < 4.78 is 43.2. The van der Waals surface area contributed by atoms with Crippen LogP contribution in [0.25, 0.3) is 11.3 Å². The van der Waals surface area contributed by atoms with Crippen LogP contribution < -0.4 is 10.6 Å². The van der Waals surface area contributed by atoms with Gasteiger partial charge in [-0.1, -0.05) is 12.1 Å². The molecule has 0 amide bonds. The average Bonchev–Trinajstić information content (AvgIpc) is 2.54. The first-order chi connectivity index (χ1) is 10.9. The van der Waals surface area contributed by atoms with E-state index in [4.69, 9.17) is 10.5 Å². The van der Waals surface area contributed by atoms with Gasteiger partial charge in [0.1, 0.15) is 5.82 Å². The molecule has 1 aromatic heterocycles. The van der Waals surface area contributed by atoms with Gasteiger partial charge in [0.2, 0.25) is 5.95 Å². The summed E-state index contributed by atoms with van der Waals surface area (Å²) in [6, 6.07) is 6.55. The number of anilines is 2. The van der Waals surface area contributed by atoms with E-state index in [0.717, 1.165) is 12.1 Å². The third-order valence-electron chi connectivity index (χ3n) is 3.57. The predicted molar refractivity (Wildman–Crippen MR) is 79.9 cm³/mol. The van der Waals surface area contributed by atoms with Crippen LogP contribution in [0.5, 0.6) is 0 Å². The quantitative estimate of drug-likeness (QED) is 0.920. The molecule has 5 nitrogen and oxygen atoms in total. The van der Waals surface area contributed by atoms with E-state index < -0.39 is 11.7 Å². The molecule has 0 atom stereocenters. The van der Waals surface area contributed by atoms with Crippen LogP contribution in [-0.4, -0.2) is 36.3 Å². The molecule has 0 bridgehead atoms. The number of hydrogen-bond acceptors (Lipinski definition) is 5. The smallest absolute Gasteiger partial charge is 0.378 e. The molecule has 0 unspecified atom stereocenters. The lowest BCUT2D eigenvalue weighted by atomic mass is 10.1. The van der Waals surface area contributed by atoms with Crippen molar-refractivity contribution < 1.29 is 17.9 Å². The predicted octanol–water partition coefficient (Wildman–Crippen LogP) is 2.58. The molecule has 1 aliphatic rings. The zero-order valence-corrected chi connectivity index (χ0v) is 12.2. The molecule has 3 rings (SSSR count). The van der Waals surface area contributed by atoms with Crippen molar-refractivity contribution in [3.63, 3.8) is 0 Å². The van der Waals surface area contributed by atoms with Gasteiger partial charge in [-0.05, 0) is 12.1 Å². The van der Waals surface area contributed by atoms with Gasteiger partial charge in [0.05, 0.1) is 24.5 Å². The summed E-state index contributed by atoms with van der Waals surface area (Å²) in [5.74, 6) is 0.736. The highest BCUT2D eigenvalue weighted by Gasteiger charge is 2.30. The van der Waals surface area contributed by atoms with Crippen LogP contribution in [0.4, 0.5) is 24.9 Å². The number of hydrogen-bond donors (Lipinski definition) is 1. The van der Waals surface area contributed by atoms with E-state index in [-0.39, 0.29) is 5.95 Å². The number of nitrogen functional groups attached to an aromatic ring is 1. The maximum atomic E-state index is 12.6. The highest BCUT2D eigenvalue weighted by Crippen LogP contribution is 2.31. The van der Waals surface area contributed by atoms with E-state index in [9.17, 15) is 13.2 Å². The standard InChI is InChI=1S/C15H15F3N4O/c16-15(17,18)11-3-1-10(2-4-11)12-9-13(21-14(19)20-12)22-5-7-23-8-6-22/h1-4,9H,5-8H2,(H2,19,20,21). The van der Waals surface area contributed by atoms with Crippen LogP contribution in [0.2, 0.25) is 0 Å². The second-order valence-electron chi connectivity index (χ2n) is 5.14. The van der Waals surface area contributed by atoms with Gasteiger partial charge in [0, 0.05) is 24.7 Å². The summed E-state index contributed by atoms with van der Waals surface area (Å²) in [7, 11) is 0. The number of ether oxygens (including phenoxy) is 1. The summed E-state index contributed by atoms with van der Waals surface area (Å²) in [4.78, 5) is 10.3. The maximum absolute atomic E-state index is 12.6. The maximum Gasteiger partial charge on any atom is 0.416 e. The van der Waals surface area contributed by atoms with Crippen molar-refractivity contribution in [2.75, 3.05) is 36.9 Å². The highest BCUT2D eigenvalue weighted by atomic mass is 19.4. The van der Waals surface area contributed by atoms with E-state index in [2.05, 4.69) is 9.97 Å². The summed E-state index contributed by atoms with van der Waals surface area (Å²) >= 11 is 0. The first-order valence-corrected chi connectivity index (χ1v) is 7.08. The van der Waals surface area contributed by atoms with Gasteiger partial charge in [0.15, 0.2) is 0 Å². The van der Waals surface area contributed by atoms with Gasteiger partial charge in [-0.15, -0.1) is 0 Å². The molecule has 2 N–H and O–H groups in total. The number of nitrogens with two attached hydrogens (primary N) is 1. The summed E-state index contributed by atoms with van der Waals surface area (Å²) in [6.07, 6.45) is -4.36. The van der Waals surface area contributed by atoms with E-state index in [1.165, 1.54) is 12.1 Å². The minimum Gasteiger partial charge on any atom is -0.378 e. The molecular weight excluding hydrogens is 309 g/mol. The van der Waals surface area contributed by atoms with Gasteiger partial charge in [-0.3, -0.25) is 0 Å². The molecule has 122 valence electrons. The Morgan fingerprint density at radius 2 is 1.70 bits per heavy atom. The Labute approximate surface area is 130 Å². The zero-order chi connectivity index (χ0) is 16.4. The molecular formula is C15H15F3N4O. The van der Waals surface area contributed by atoms with E-state index in [1.54, 1.807) is 6.07 Å². The molecule has 0 radical (unpaired) electrons. The van der Waals surface area contributed by atoms with Gasteiger partial charge < -0.3 is 15.4 Å². The van der Waals surface area contributed by atoms with Gasteiger partial charge in [-0.2, -0.15) is 18.2 Å². The monoisotopic (exact) mass is 324 g/mol. The van der Waals surface area contributed by atoms with Crippen LogP contribution in [0, 0.1) is 0 Å². The molecule has 1 saturated heterocycles. The first kappa shape index (κ1) is 15.5. The Kier molecular flexibility index (Phi) is 4.08. The van der Waals surface area contributed by atoms with Crippen LogP contribution in [0.15, 0.2) is 30.3 Å². The normalized spacial score (nSPS) is 15.7. The molecule has 0 aliphatic carbocycles. The summed E-state index contributed by atoms with van der Waals surface area (Å²) in [5.41, 5.74) is 6.10. The Balaban J connectivity index is 1.91. The van der Waals surface area contributed by atoms with Crippen LogP contribution >= 0.6 is 0 Å². The molecule has 2 heterocycles. The molecule has 0 saturated carbocycles. The Hall–Kier alpha value is -2.35. The van der Waals surface area contributed by atoms with Crippen molar-refractivity contribution >= 4 is 11.8 Å². The number of morpholine rings is 1. The molecule has 1 aliphatic heterocycles. The number of benzene rings is 1. The Morgan fingerprint density at radius 1 is 1.04 bits per heavy atom. The lowest BCUT2D eigenvalue weighted by molar-refractivity contribution is -0.137. The first-order valence-electron chi connectivity index (χ1n) is 7.08. The third-order valence-corrected chi connectivity index (χ3v) is 3.57. The van der Waals surface area contributed by atoms with Crippen LogP contribution in [0.3, 0.4) is 0 Å².